The number of nitrogens with zero attached hydrogens (tertiary/aromatic N) is 5. The molecule has 3 heterocycles. The quantitative estimate of drug-likeness (QED) is 0.209. The Balaban J connectivity index is 1.40. The molecule has 0 N–H and O–H groups in total. The minimum Gasteiger partial charge on any atom is -0.497 e. The molecule has 3 aromatic carbocycles. The van der Waals surface area contributed by atoms with Gasteiger partial charge in [0.05, 0.1) is 32.1 Å². The maximum atomic E-state index is 14.5. The van der Waals surface area contributed by atoms with Crippen LogP contribution in [-0.2, 0) is 19.4 Å². The van der Waals surface area contributed by atoms with E-state index < -0.39 is 0 Å². The normalized spacial score (nSPS) is 15.7. The van der Waals surface area contributed by atoms with Gasteiger partial charge < -0.3 is 14.4 Å². The van der Waals surface area contributed by atoms with Crippen molar-refractivity contribution >= 4 is 23.2 Å². The first-order valence-corrected chi connectivity index (χ1v) is 15.9. The van der Waals surface area contributed by atoms with Gasteiger partial charge in [0, 0.05) is 24.2 Å². The molecule has 2 aliphatic rings. The molecule has 1 fully saturated rings. The van der Waals surface area contributed by atoms with E-state index >= 15 is 0 Å². The van der Waals surface area contributed by atoms with Crippen molar-refractivity contribution in [1.82, 2.24) is 14.9 Å². The lowest BCUT2D eigenvalue weighted by Gasteiger charge is -2.37. The fourth-order valence-corrected chi connectivity index (χ4v) is 6.78. The highest BCUT2D eigenvalue weighted by Gasteiger charge is 2.37. The zero-order valence-electron chi connectivity index (χ0n) is 27.3. The molecule has 0 spiro atoms. The number of rotatable bonds is 8. The van der Waals surface area contributed by atoms with Gasteiger partial charge in [-0.15, -0.1) is 0 Å². The third-order valence-corrected chi connectivity index (χ3v) is 9.34. The number of benzene rings is 3. The maximum Gasteiger partial charge on any atom is 0.335 e. The topological polar surface area (TPSA) is 71.0 Å². The molecule has 4 aromatic rings. The van der Waals surface area contributed by atoms with Crippen LogP contribution in [0, 0.1) is 13.8 Å². The molecule has 8 nitrogen and oxygen atoms in total. The van der Waals surface area contributed by atoms with E-state index in [1.54, 1.807) is 25.2 Å². The predicted octanol–water partition coefficient (Wildman–Crippen LogP) is 7.35. The molecule has 45 heavy (non-hydrogen) atoms. The summed E-state index contributed by atoms with van der Waals surface area (Å²) in [4.78, 5) is 30.3. The molecule has 8 heteroatoms. The molecule has 1 aromatic heterocycles. The van der Waals surface area contributed by atoms with E-state index in [2.05, 4.69) is 37.1 Å². The zero-order valence-corrected chi connectivity index (χ0v) is 27.3. The SMILES string of the molecule is CCc1cc(C2CCN(C)CC2)ccc1Cc1ncc2c(n1)N(c1ccc(OC)cc1OC)C(=O)N(c1c(C)cccc1C)C2. The zero-order chi connectivity index (χ0) is 31.7. The summed E-state index contributed by atoms with van der Waals surface area (Å²) in [6.45, 7) is 8.94. The van der Waals surface area contributed by atoms with Crippen LogP contribution in [0.3, 0.4) is 0 Å². The molecule has 0 saturated carbocycles. The summed E-state index contributed by atoms with van der Waals surface area (Å²) in [5.41, 5.74) is 8.41. The minimum absolute atomic E-state index is 0.190. The lowest BCUT2D eigenvalue weighted by Crippen LogP contribution is -2.46. The number of carbonyl (C=O) groups excluding carboxylic acids is 1. The predicted molar refractivity (Wildman–Crippen MR) is 179 cm³/mol. The largest absolute Gasteiger partial charge is 0.497 e. The van der Waals surface area contributed by atoms with Crippen LogP contribution in [0.2, 0.25) is 0 Å². The summed E-state index contributed by atoms with van der Waals surface area (Å²) >= 11 is 0. The molecule has 1 saturated heterocycles. The average molecular weight is 606 g/mol. The van der Waals surface area contributed by atoms with E-state index in [1.807, 2.05) is 55.3 Å². The Morgan fingerprint density at radius 2 is 1.69 bits per heavy atom. The second-order valence-electron chi connectivity index (χ2n) is 12.3. The van der Waals surface area contributed by atoms with Crippen LogP contribution in [0.1, 0.15) is 64.9 Å². The van der Waals surface area contributed by atoms with Crippen LogP contribution >= 0.6 is 0 Å². The molecule has 0 bridgehead atoms. The highest BCUT2D eigenvalue weighted by atomic mass is 16.5. The van der Waals surface area contributed by atoms with Gasteiger partial charge in [0.2, 0.25) is 0 Å². The summed E-state index contributed by atoms with van der Waals surface area (Å²) in [5, 5.41) is 0. The van der Waals surface area contributed by atoms with Crippen molar-refractivity contribution in [3.8, 4) is 11.5 Å². The van der Waals surface area contributed by atoms with Crippen molar-refractivity contribution in [2.75, 3.05) is 44.2 Å². The van der Waals surface area contributed by atoms with Gasteiger partial charge >= 0.3 is 6.03 Å². The van der Waals surface area contributed by atoms with E-state index in [0.29, 0.717) is 47.7 Å². The Morgan fingerprint density at radius 3 is 2.38 bits per heavy atom. The van der Waals surface area contributed by atoms with Gasteiger partial charge in [-0.2, -0.15) is 0 Å². The highest BCUT2D eigenvalue weighted by Crippen LogP contribution is 2.42. The monoisotopic (exact) mass is 605 g/mol. The van der Waals surface area contributed by atoms with Crippen LogP contribution in [0.4, 0.5) is 22.0 Å². The number of fused-ring (bicyclic) bond motifs is 1. The fraction of sp³-hybridized carbons (Fsp3) is 0.378. The summed E-state index contributed by atoms with van der Waals surface area (Å²) in [7, 11) is 5.42. The molecule has 2 aliphatic heterocycles. The van der Waals surface area contributed by atoms with E-state index in [4.69, 9.17) is 19.4 Å². The Bertz CT molecular complexity index is 1690. The summed E-state index contributed by atoms with van der Waals surface area (Å²) in [6.07, 6.45) is 5.81. The lowest BCUT2D eigenvalue weighted by atomic mass is 9.87. The van der Waals surface area contributed by atoms with Crippen LogP contribution < -0.4 is 19.3 Å². The number of anilines is 3. The molecule has 2 amide bonds. The Kier molecular flexibility index (Phi) is 8.76. The van der Waals surface area contributed by atoms with Gasteiger partial charge in [-0.25, -0.2) is 19.7 Å². The number of aryl methyl sites for hydroxylation is 3. The van der Waals surface area contributed by atoms with Gasteiger partial charge in [-0.05, 0) is 99.1 Å². The number of methoxy groups -OCH3 is 2. The third-order valence-electron chi connectivity index (χ3n) is 9.34. The second kappa shape index (κ2) is 12.9. The molecule has 0 radical (unpaired) electrons. The van der Waals surface area contributed by atoms with Gasteiger partial charge in [0.1, 0.15) is 23.1 Å². The third kappa shape index (κ3) is 5.99. The van der Waals surface area contributed by atoms with Crippen molar-refractivity contribution < 1.29 is 14.3 Å². The summed E-state index contributed by atoms with van der Waals surface area (Å²) in [6, 6.07) is 18.3. The summed E-state index contributed by atoms with van der Waals surface area (Å²) in [5.74, 6) is 3.04. The Labute approximate surface area is 266 Å². The first-order chi connectivity index (χ1) is 21.8. The van der Waals surface area contributed by atoms with Gasteiger partial charge in [0.25, 0.3) is 0 Å². The number of para-hydroxylation sites is 1. The molecular weight excluding hydrogens is 562 g/mol. The maximum absolute atomic E-state index is 14.5. The molecule has 0 aliphatic carbocycles. The number of ether oxygens (including phenoxy) is 2. The van der Waals surface area contributed by atoms with E-state index in [0.717, 1.165) is 41.9 Å². The first kappa shape index (κ1) is 30.6. The first-order valence-electron chi connectivity index (χ1n) is 15.9. The number of hydrogen-bond donors (Lipinski definition) is 0. The highest BCUT2D eigenvalue weighted by molar-refractivity contribution is 6.11. The van der Waals surface area contributed by atoms with Gasteiger partial charge in [-0.3, -0.25) is 4.90 Å². The van der Waals surface area contributed by atoms with Crippen molar-refractivity contribution in [2.24, 2.45) is 0 Å². The second-order valence-corrected chi connectivity index (χ2v) is 12.3. The lowest BCUT2D eigenvalue weighted by molar-refractivity contribution is 0.252. The van der Waals surface area contributed by atoms with Crippen molar-refractivity contribution in [3.63, 3.8) is 0 Å². The van der Waals surface area contributed by atoms with E-state index in [9.17, 15) is 4.79 Å². The Hall–Kier alpha value is -4.43. The van der Waals surface area contributed by atoms with Gasteiger partial charge in [-0.1, -0.05) is 43.3 Å². The van der Waals surface area contributed by atoms with Crippen molar-refractivity contribution in [1.29, 1.82) is 0 Å². The van der Waals surface area contributed by atoms with E-state index in [-0.39, 0.29) is 6.03 Å². The number of amides is 2. The van der Waals surface area contributed by atoms with Crippen molar-refractivity contribution in [3.05, 3.63) is 100.0 Å². The standard InChI is InChI=1S/C37H43N5O3/c1-7-26-19-28(27-15-17-40(4)18-16-27)11-12-29(26)20-34-38-22-30-23-41(35-24(2)9-8-10-25(35)3)37(43)42(36(30)39-34)32-14-13-31(44-5)21-33(32)45-6/h8-14,19,21-22,27H,7,15-18,20,23H2,1-6H3. The number of carbonyl (C=O) groups is 1. The van der Waals surface area contributed by atoms with Crippen LogP contribution in [0.25, 0.3) is 0 Å². The number of hydrogen-bond acceptors (Lipinski definition) is 6. The van der Waals surface area contributed by atoms with Crippen molar-refractivity contribution in [2.45, 2.75) is 58.9 Å². The van der Waals surface area contributed by atoms with E-state index in [1.165, 1.54) is 29.5 Å². The van der Waals surface area contributed by atoms with Crippen LogP contribution in [0.5, 0.6) is 11.5 Å². The molecular formula is C37H43N5O3. The minimum atomic E-state index is -0.190. The molecule has 0 atom stereocenters. The molecule has 6 rings (SSSR count). The van der Waals surface area contributed by atoms with Crippen LogP contribution in [0.15, 0.2) is 60.8 Å². The number of urea groups is 1. The number of likely N-dealkylation sites (tertiary alicyclic amines) is 1. The summed E-state index contributed by atoms with van der Waals surface area (Å²) < 4.78 is 11.2. The number of piperidine rings is 1. The van der Waals surface area contributed by atoms with Crippen LogP contribution in [-0.4, -0.2) is 55.3 Å². The average Bonchev–Trinajstić information content (AvgIpc) is 3.05. The molecule has 234 valence electrons. The molecule has 0 unspecified atom stereocenters. The smallest absolute Gasteiger partial charge is 0.335 e. The number of aromatic nitrogens is 2. The van der Waals surface area contributed by atoms with Gasteiger partial charge in [0.15, 0.2) is 0 Å². The fourth-order valence-electron chi connectivity index (χ4n) is 6.78. The Morgan fingerprint density at radius 1 is 0.933 bits per heavy atom.